The molecule has 0 spiro atoms. The smallest absolute Gasteiger partial charge is 0.338 e. The molecule has 0 saturated carbocycles. The van der Waals surface area contributed by atoms with Gasteiger partial charge in [-0.25, -0.2) is 4.79 Å². The minimum absolute atomic E-state index is 0.342. The van der Waals surface area contributed by atoms with Crippen LogP contribution in [0, 0.1) is 0 Å². The SMILES string of the molecule is C=CCNC(=S)Nc1cccc(C(=O)OCC)c1. The third-order valence-electron chi connectivity index (χ3n) is 2.04. The van der Waals surface area contributed by atoms with Gasteiger partial charge < -0.3 is 15.4 Å². The molecule has 96 valence electrons. The number of hydrogen-bond acceptors (Lipinski definition) is 3. The Morgan fingerprint density at radius 3 is 3.00 bits per heavy atom. The molecule has 2 N–H and O–H groups in total. The number of ether oxygens (including phenoxy) is 1. The fraction of sp³-hybridized carbons (Fsp3) is 0.231. The molecule has 4 nitrogen and oxygen atoms in total. The van der Waals surface area contributed by atoms with E-state index < -0.39 is 0 Å². The monoisotopic (exact) mass is 264 g/mol. The molecule has 18 heavy (non-hydrogen) atoms. The molecule has 0 aliphatic rings. The van der Waals surface area contributed by atoms with Gasteiger partial charge in [0.25, 0.3) is 0 Å². The van der Waals surface area contributed by atoms with E-state index >= 15 is 0 Å². The highest BCUT2D eigenvalue weighted by Crippen LogP contribution is 2.11. The van der Waals surface area contributed by atoms with Crippen LogP contribution in [0.25, 0.3) is 0 Å². The van der Waals surface area contributed by atoms with Gasteiger partial charge in [-0.1, -0.05) is 12.1 Å². The maximum Gasteiger partial charge on any atom is 0.338 e. The van der Waals surface area contributed by atoms with Crippen LogP contribution in [0.15, 0.2) is 36.9 Å². The Kier molecular flexibility index (Phi) is 5.87. The molecule has 0 saturated heterocycles. The van der Waals surface area contributed by atoms with Gasteiger partial charge in [-0.05, 0) is 37.3 Å². The van der Waals surface area contributed by atoms with Crippen LogP contribution in [-0.4, -0.2) is 24.2 Å². The molecule has 0 heterocycles. The molecule has 5 heteroatoms. The van der Waals surface area contributed by atoms with Crippen molar-refractivity contribution in [1.82, 2.24) is 5.32 Å². The van der Waals surface area contributed by atoms with Gasteiger partial charge in [0.1, 0.15) is 0 Å². The van der Waals surface area contributed by atoms with Crippen molar-refractivity contribution < 1.29 is 9.53 Å². The second-order valence-electron chi connectivity index (χ2n) is 3.42. The summed E-state index contributed by atoms with van der Waals surface area (Å²) in [7, 11) is 0. The summed E-state index contributed by atoms with van der Waals surface area (Å²) in [6.07, 6.45) is 1.71. The molecule has 0 fully saturated rings. The van der Waals surface area contributed by atoms with Gasteiger partial charge in [0.05, 0.1) is 12.2 Å². The summed E-state index contributed by atoms with van der Waals surface area (Å²) < 4.78 is 4.92. The Balaban J connectivity index is 2.67. The number of carbonyl (C=O) groups excluding carboxylic acids is 1. The van der Waals surface area contributed by atoms with Crippen molar-refractivity contribution in [3.8, 4) is 0 Å². The third kappa shape index (κ3) is 4.55. The standard InChI is InChI=1S/C13H16N2O2S/c1-3-8-14-13(18)15-11-7-5-6-10(9-11)12(16)17-4-2/h3,5-7,9H,1,4,8H2,2H3,(H2,14,15,18). The first-order valence-electron chi connectivity index (χ1n) is 5.60. The van der Waals surface area contributed by atoms with Gasteiger partial charge >= 0.3 is 5.97 Å². The molecule has 0 aliphatic heterocycles. The number of benzene rings is 1. The minimum atomic E-state index is -0.342. The summed E-state index contributed by atoms with van der Waals surface area (Å²) >= 11 is 5.08. The molecule has 0 bridgehead atoms. The van der Waals surface area contributed by atoms with Crippen LogP contribution in [0.5, 0.6) is 0 Å². The number of thiocarbonyl (C=S) groups is 1. The van der Waals surface area contributed by atoms with Crippen LogP contribution in [0.4, 0.5) is 5.69 Å². The first kappa shape index (κ1) is 14.2. The van der Waals surface area contributed by atoms with Crippen LogP contribution in [0.3, 0.4) is 0 Å². The van der Waals surface area contributed by atoms with E-state index in [1.54, 1.807) is 31.2 Å². The summed E-state index contributed by atoms with van der Waals surface area (Å²) in [6, 6.07) is 6.98. The number of carbonyl (C=O) groups is 1. The zero-order valence-electron chi connectivity index (χ0n) is 10.2. The molecule has 0 radical (unpaired) electrons. The van der Waals surface area contributed by atoms with Crippen LogP contribution in [0.1, 0.15) is 17.3 Å². The molecule has 0 amide bonds. The van der Waals surface area contributed by atoms with Crippen molar-refractivity contribution in [2.45, 2.75) is 6.92 Å². The van der Waals surface area contributed by atoms with Crippen molar-refractivity contribution in [3.63, 3.8) is 0 Å². The first-order valence-corrected chi connectivity index (χ1v) is 6.01. The lowest BCUT2D eigenvalue weighted by atomic mass is 10.2. The van der Waals surface area contributed by atoms with E-state index in [0.717, 1.165) is 5.69 Å². The van der Waals surface area contributed by atoms with E-state index in [1.165, 1.54) is 0 Å². The lowest BCUT2D eigenvalue weighted by Gasteiger charge is -2.10. The molecule has 1 aromatic carbocycles. The largest absolute Gasteiger partial charge is 0.462 e. The van der Waals surface area contributed by atoms with Crippen molar-refractivity contribution in [2.24, 2.45) is 0 Å². The minimum Gasteiger partial charge on any atom is -0.462 e. The summed E-state index contributed by atoms with van der Waals surface area (Å²) in [5.41, 5.74) is 1.23. The Morgan fingerprint density at radius 2 is 2.33 bits per heavy atom. The summed E-state index contributed by atoms with van der Waals surface area (Å²) in [5, 5.41) is 6.40. The fourth-order valence-electron chi connectivity index (χ4n) is 1.28. The normalized spacial score (nSPS) is 9.39. The van der Waals surface area contributed by atoms with Crippen LogP contribution >= 0.6 is 12.2 Å². The van der Waals surface area contributed by atoms with E-state index in [2.05, 4.69) is 17.2 Å². The number of nitrogens with one attached hydrogen (secondary N) is 2. The van der Waals surface area contributed by atoms with Crippen LogP contribution < -0.4 is 10.6 Å². The highest BCUT2D eigenvalue weighted by molar-refractivity contribution is 7.80. The second-order valence-corrected chi connectivity index (χ2v) is 3.83. The summed E-state index contributed by atoms with van der Waals surface area (Å²) in [6.45, 7) is 6.30. The van der Waals surface area contributed by atoms with E-state index in [-0.39, 0.29) is 5.97 Å². The number of anilines is 1. The van der Waals surface area contributed by atoms with Crippen LogP contribution in [-0.2, 0) is 4.74 Å². The first-order chi connectivity index (χ1) is 8.67. The molecule has 0 unspecified atom stereocenters. The molecule has 0 atom stereocenters. The third-order valence-corrected chi connectivity index (χ3v) is 2.28. The van der Waals surface area contributed by atoms with Crippen molar-refractivity contribution in [3.05, 3.63) is 42.5 Å². The quantitative estimate of drug-likeness (QED) is 0.485. The number of rotatable bonds is 5. The zero-order chi connectivity index (χ0) is 13.4. The van der Waals surface area contributed by atoms with Gasteiger partial charge in [0.15, 0.2) is 5.11 Å². The Morgan fingerprint density at radius 1 is 1.56 bits per heavy atom. The number of esters is 1. The van der Waals surface area contributed by atoms with Crippen molar-refractivity contribution in [2.75, 3.05) is 18.5 Å². The Bertz CT molecular complexity index is 446. The predicted octanol–water partition coefficient (Wildman–Crippen LogP) is 2.34. The van der Waals surface area contributed by atoms with E-state index in [4.69, 9.17) is 17.0 Å². The van der Waals surface area contributed by atoms with Crippen molar-refractivity contribution >= 4 is 29.0 Å². The van der Waals surface area contributed by atoms with E-state index in [1.807, 2.05) is 6.07 Å². The summed E-state index contributed by atoms with van der Waals surface area (Å²) in [5.74, 6) is -0.342. The fourth-order valence-corrected chi connectivity index (χ4v) is 1.48. The van der Waals surface area contributed by atoms with Gasteiger partial charge in [-0.3, -0.25) is 0 Å². The van der Waals surface area contributed by atoms with Gasteiger partial charge in [-0.2, -0.15) is 0 Å². The average Bonchev–Trinajstić information content (AvgIpc) is 2.37. The Labute approximate surface area is 112 Å². The molecule has 0 aliphatic carbocycles. The van der Waals surface area contributed by atoms with E-state index in [9.17, 15) is 4.79 Å². The highest BCUT2D eigenvalue weighted by atomic mass is 32.1. The van der Waals surface area contributed by atoms with Crippen molar-refractivity contribution in [1.29, 1.82) is 0 Å². The molecular weight excluding hydrogens is 248 g/mol. The highest BCUT2D eigenvalue weighted by Gasteiger charge is 2.06. The lowest BCUT2D eigenvalue weighted by Crippen LogP contribution is -2.28. The second kappa shape index (κ2) is 7.45. The lowest BCUT2D eigenvalue weighted by molar-refractivity contribution is 0.0526. The molecular formula is C13H16N2O2S. The topological polar surface area (TPSA) is 50.4 Å². The van der Waals surface area contributed by atoms with Gasteiger partial charge in [0, 0.05) is 12.2 Å². The molecule has 0 aromatic heterocycles. The Hall–Kier alpha value is -1.88. The van der Waals surface area contributed by atoms with Gasteiger partial charge in [0.2, 0.25) is 0 Å². The van der Waals surface area contributed by atoms with Gasteiger partial charge in [-0.15, -0.1) is 6.58 Å². The maximum atomic E-state index is 11.5. The maximum absolute atomic E-state index is 11.5. The summed E-state index contributed by atoms with van der Waals surface area (Å²) in [4.78, 5) is 11.5. The van der Waals surface area contributed by atoms with E-state index in [0.29, 0.717) is 23.8 Å². The predicted molar refractivity (Wildman–Crippen MR) is 76.8 cm³/mol. The molecule has 1 aromatic rings. The van der Waals surface area contributed by atoms with Crippen LogP contribution in [0.2, 0.25) is 0 Å². The number of hydrogen-bond donors (Lipinski definition) is 2. The molecule has 1 rings (SSSR count). The zero-order valence-corrected chi connectivity index (χ0v) is 11.0. The average molecular weight is 264 g/mol.